The molecule has 1 aliphatic heterocycles. The number of imide groups is 1. The highest BCUT2D eigenvalue weighted by Gasteiger charge is 2.38. The number of nitrogens with zero attached hydrogens (tertiary/aromatic N) is 3. The minimum Gasteiger partial charge on any atom is -0.464 e. The fourth-order valence-electron chi connectivity index (χ4n) is 4.64. The van der Waals surface area contributed by atoms with Crippen LogP contribution in [0.5, 0.6) is 0 Å². The van der Waals surface area contributed by atoms with Crippen molar-refractivity contribution in [3.05, 3.63) is 54.4 Å². The number of aromatic nitrogens is 1. The second-order valence-corrected chi connectivity index (χ2v) is 11.8. The molecular weight excluding hydrogens is 498 g/mol. The lowest BCUT2D eigenvalue weighted by Gasteiger charge is -2.39. The molecule has 1 saturated heterocycles. The Labute approximate surface area is 229 Å². The molecule has 3 amide bonds. The van der Waals surface area contributed by atoms with Crippen LogP contribution in [0, 0.1) is 0 Å². The van der Waals surface area contributed by atoms with Gasteiger partial charge in [0.15, 0.2) is 0 Å². The Morgan fingerprint density at radius 3 is 2.46 bits per heavy atom. The minimum absolute atomic E-state index is 0.0904. The topological polar surface area (TPSA) is 102 Å². The van der Waals surface area contributed by atoms with Crippen molar-refractivity contribution in [1.82, 2.24) is 14.8 Å². The smallest absolute Gasteiger partial charge is 0.417 e. The van der Waals surface area contributed by atoms with Gasteiger partial charge in [-0.3, -0.25) is 9.78 Å². The van der Waals surface area contributed by atoms with Crippen molar-refractivity contribution >= 4 is 29.1 Å². The highest BCUT2D eigenvalue weighted by atomic mass is 16.6. The number of rotatable bonds is 4. The maximum Gasteiger partial charge on any atom is 0.417 e. The number of piperidine rings is 1. The van der Waals surface area contributed by atoms with E-state index < -0.39 is 35.3 Å². The van der Waals surface area contributed by atoms with Crippen LogP contribution in [0.25, 0.3) is 22.2 Å². The summed E-state index contributed by atoms with van der Waals surface area (Å²) in [6.45, 7) is 11.3. The first-order valence-corrected chi connectivity index (χ1v) is 13.3. The van der Waals surface area contributed by atoms with Crippen LogP contribution in [0.4, 0.5) is 9.59 Å². The zero-order valence-electron chi connectivity index (χ0n) is 23.5. The van der Waals surface area contributed by atoms with Crippen LogP contribution in [0.15, 0.2) is 53.3 Å². The molecule has 0 spiro atoms. The number of pyridine rings is 1. The van der Waals surface area contributed by atoms with E-state index in [0.717, 1.165) is 16.6 Å². The number of fused-ring (bicyclic) bond motifs is 1. The number of furan rings is 1. The molecule has 1 aliphatic rings. The summed E-state index contributed by atoms with van der Waals surface area (Å²) in [7, 11) is 0. The summed E-state index contributed by atoms with van der Waals surface area (Å²) >= 11 is 0. The number of benzene rings is 1. The summed E-state index contributed by atoms with van der Waals surface area (Å²) in [5.74, 6) is -0.434. The van der Waals surface area contributed by atoms with Crippen LogP contribution in [-0.4, -0.2) is 63.2 Å². The Kier molecular flexibility index (Phi) is 7.99. The third-order valence-corrected chi connectivity index (χ3v) is 6.20. The molecule has 1 atom stereocenters. The predicted octanol–water partition coefficient (Wildman–Crippen LogP) is 6.20. The average Bonchev–Trinajstić information content (AvgIpc) is 3.32. The minimum atomic E-state index is -0.803. The number of likely N-dealkylation sites (tertiary alicyclic amines) is 1. The van der Waals surface area contributed by atoms with Crippen molar-refractivity contribution in [2.75, 3.05) is 13.1 Å². The van der Waals surface area contributed by atoms with Gasteiger partial charge in [-0.25, -0.2) is 14.5 Å². The quantitative estimate of drug-likeness (QED) is 0.392. The predicted molar refractivity (Wildman–Crippen MR) is 147 cm³/mol. The first-order valence-electron chi connectivity index (χ1n) is 13.3. The van der Waals surface area contributed by atoms with Gasteiger partial charge in [-0.1, -0.05) is 6.07 Å². The number of hydrogen-bond acceptors (Lipinski definition) is 7. The Morgan fingerprint density at radius 1 is 1.05 bits per heavy atom. The van der Waals surface area contributed by atoms with E-state index in [1.165, 1.54) is 4.90 Å². The standard InChI is InChI=1S/C30H37N3O6/c1-29(2,3)38-27(35)32-14-9-10-23(19-32)33(28(36)39-30(4,5)6)25(34)18-22-17-21(24-11-7-8-13-31-24)16-20-12-15-37-26(20)22/h7-8,11-13,15-17,23H,9-10,14,18-19H2,1-6H3. The highest BCUT2D eigenvalue weighted by Crippen LogP contribution is 2.29. The lowest BCUT2D eigenvalue weighted by molar-refractivity contribution is -0.132. The van der Waals surface area contributed by atoms with Gasteiger partial charge in [0.05, 0.1) is 24.4 Å². The zero-order valence-corrected chi connectivity index (χ0v) is 23.5. The van der Waals surface area contributed by atoms with Gasteiger partial charge in [0.2, 0.25) is 5.91 Å². The van der Waals surface area contributed by atoms with E-state index in [2.05, 4.69) is 4.98 Å². The first-order chi connectivity index (χ1) is 18.3. The normalized spacial score (nSPS) is 16.2. The molecule has 1 fully saturated rings. The second-order valence-electron chi connectivity index (χ2n) is 11.8. The van der Waals surface area contributed by atoms with E-state index in [9.17, 15) is 14.4 Å². The molecule has 0 N–H and O–H groups in total. The van der Waals surface area contributed by atoms with Gasteiger partial charge in [0.1, 0.15) is 16.8 Å². The molecule has 0 bridgehead atoms. The van der Waals surface area contributed by atoms with Crippen molar-refractivity contribution in [2.45, 2.75) is 78.0 Å². The average molecular weight is 536 g/mol. The largest absolute Gasteiger partial charge is 0.464 e. The molecule has 9 heteroatoms. The molecular formula is C30H37N3O6. The molecule has 39 heavy (non-hydrogen) atoms. The molecule has 4 rings (SSSR count). The summed E-state index contributed by atoms with van der Waals surface area (Å²) in [6.07, 6.45) is 3.16. The van der Waals surface area contributed by atoms with Crippen LogP contribution < -0.4 is 0 Å². The van der Waals surface area contributed by atoms with Gasteiger partial charge in [-0.2, -0.15) is 0 Å². The molecule has 2 aromatic heterocycles. The third kappa shape index (κ3) is 7.16. The molecule has 0 radical (unpaired) electrons. The van der Waals surface area contributed by atoms with Crippen LogP contribution in [-0.2, 0) is 20.7 Å². The van der Waals surface area contributed by atoms with Gasteiger partial charge in [-0.05, 0) is 84.7 Å². The molecule has 1 unspecified atom stereocenters. The lowest BCUT2D eigenvalue weighted by Crippen LogP contribution is -2.55. The molecule has 0 aliphatic carbocycles. The van der Waals surface area contributed by atoms with Crippen LogP contribution >= 0.6 is 0 Å². The summed E-state index contributed by atoms with van der Waals surface area (Å²) < 4.78 is 16.9. The zero-order chi connectivity index (χ0) is 28.4. The van der Waals surface area contributed by atoms with E-state index >= 15 is 0 Å². The number of carbonyl (C=O) groups is 3. The van der Waals surface area contributed by atoms with E-state index in [1.807, 2.05) is 36.4 Å². The molecule has 0 saturated carbocycles. The molecule has 9 nitrogen and oxygen atoms in total. The van der Waals surface area contributed by atoms with E-state index in [4.69, 9.17) is 13.9 Å². The van der Waals surface area contributed by atoms with E-state index in [1.54, 1.807) is 58.9 Å². The number of hydrogen-bond donors (Lipinski definition) is 0. The van der Waals surface area contributed by atoms with Crippen molar-refractivity contribution in [1.29, 1.82) is 0 Å². The number of amides is 3. The van der Waals surface area contributed by atoms with Crippen molar-refractivity contribution < 1.29 is 28.3 Å². The van der Waals surface area contributed by atoms with Gasteiger partial charge in [0, 0.05) is 35.8 Å². The lowest BCUT2D eigenvalue weighted by atomic mass is 10.00. The van der Waals surface area contributed by atoms with Gasteiger partial charge >= 0.3 is 12.2 Å². The van der Waals surface area contributed by atoms with Gasteiger partial charge in [-0.15, -0.1) is 0 Å². The maximum atomic E-state index is 13.9. The Bertz CT molecular complexity index is 1340. The fraction of sp³-hybridized carbons (Fsp3) is 0.467. The number of ether oxygens (including phenoxy) is 2. The molecule has 1 aromatic carbocycles. The van der Waals surface area contributed by atoms with E-state index in [-0.39, 0.29) is 13.0 Å². The Balaban J connectivity index is 1.64. The second kappa shape index (κ2) is 11.1. The van der Waals surface area contributed by atoms with Crippen LogP contribution in [0.3, 0.4) is 0 Å². The summed E-state index contributed by atoms with van der Waals surface area (Å²) in [5, 5.41) is 0.832. The maximum absolute atomic E-state index is 13.9. The van der Waals surface area contributed by atoms with Crippen LogP contribution in [0.2, 0.25) is 0 Å². The molecule has 208 valence electrons. The summed E-state index contributed by atoms with van der Waals surface area (Å²) in [4.78, 5) is 47.3. The summed E-state index contributed by atoms with van der Waals surface area (Å²) in [5.41, 5.74) is 1.35. The molecule has 3 heterocycles. The van der Waals surface area contributed by atoms with E-state index in [0.29, 0.717) is 30.5 Å². The Morgan fingerprint density at radius 2 is 1.79 bits per heavy atom. The first kappa shape index (κ1) is 28.1. The third-order valence-electron chi connectivity index (χ3n) is 6.20. The van der Waals surface area contributed by atoms with Crippen molar-refractivity contribution in [2.24, 2.45) is 0 Å². The van der Waals surface area contributed by atoms with Crippen molar-refractivity contribution in [3.63, 3.8) is 0 Å². The van der Waals surface area contributed by atoms with Gasteiger partial charge in [0.25, 0.3) is 0 Å². The number of carbonyl (C=O) groups excluding carboxylic acids is 3. The van der Waals surface area contributed by atoms with Crippen LogP contribution in [0.1, 0.15) is 59.9 Å². The molecule has 3 aromatic rings. The summed E-state index contributed by atoms with van der Waals surface area (Å²) in [6, 6.07) is 10.7. The highest BCUT2D eigenvalue weighted by molar-refractivity contribution is 5.96. The fourth-order valence-corrected chi connectivity index (χ4v) is 4.64. The van der Waals surface area contributed by atoms with Crippen molar-refractivity contribution in [3.8, 4) is 11.3 Å². The van der Waals surface area contributed by atoms with Gasteiger partial charge < -0.3 is 18.8 Å². The SMILES string of the molecule is CC(C)(C)OC(=O)N1CCCC(N(C(=O)Cc2cc(-c3ccccn3)cc3ccoc23)C(=O)OC(C)(C)C)C1. The Hall–Kier alpha value is -3.88. The monoisotopic (exact) mass is 535 g/mol.